The molecule has 3 rings (SSSR count). The van der Waals surface area contributed by atoms with Crippen LogP contribution in [0.25, 0.3) is 0 Å². The molecular formula is C17H16BrFN2O4S. The van der Waals surface area contributed by atoms with Crippen LogP contribution in [0.5, 0.6) is 5.75 Å². The Balaban J connectivity index is 1.73. The topological polar surface area (TPSA) is 77.9 Å². The summed E-state index contributed by atoms with van der Waals surface area (Å²) in [6.45, 7) is 0.420. The van der Waals surface area contributed by atoms with Crippen molar-refractivity contribution in [1.82, 2.24) is 9.21 Å². The Morgan fingerprint density at radius 2 is 1.73 bits per heavy atom. The smallest absolute Gasteiger partial charge is 0.257 e. The Morgan fingerprint density at radius 1 is 1.08 bits per heavy atom. The molecule has 0 atom stereocenters. The fraction of sp³-hybridized carbons (Fsp3) is 0.235. The van der Waals surface area contributed by atoms with Crippen molar-refractivity contribution in [2.45, 2.75) is 4.90 Å². The van der Waals surface area contributed by atoms with Crippen LogP contribution in [0.3, 0.4) is 0 Å². The van der Waals surface area contributed by atoms with Crippen molar-refractivity contribution in [3.05, 3.63) is 58.3 Å². The molecule has 0 aromatic heterocycles. The van der Waals surface area contributed by atoms with Gasteiger partial charge in [-0.05, 0) is 30.3 Å². The number of nitrogens with zero attached hydrogens (tertiary/aromatic N) is 2. The van der Waals surface area contributed by atoms with E-state index in [1.165, 1.54) is 35.2 Å². The molecular weight excluding hydrogens is 427 g/mol. The molecule has 1 aliphatic rings. The fourth-order valence-corrected chi connectivity index (χ4v) is 4.62. The predicted octanol–water partition coefficient (Wildman–Crippen LogP) is 2.44. The van der Waals surface area contributed by atoms with E-state index in [0.717, 1.165) is 10.4 Å². The highest BCUT2D eigenvalue weighted by molar-refractivity contribution is 9.10. The van der Waals surface area contributed by atoms with Crippen molar-refractivity contribution in [1.29, 1.82) is 0 Å². The molecule has 138 valence electrons. The lowest BCUT2D eigenvalue weighted by Crippen LogP contribution is -2.50. The molecule has 1 amide bonds. The van der Waals surface area contributed by atoms with Gasteiger partial charge >= 0.3 is 0 Å². The number of hydrogen-bond donors (Lipinski definition) is 1. The summed E-state index contributed by atoms with van der Waals surface area (Å²) in [4.78, 5) is 13.6. The van der Waals surface area contributed by atoms with Crippen LogP contribution in [-0.4, -0.2) is 54.8 Å². The zero-order chi connectivity index (χ0) is 18.9. The van der Waals surface area contributed by atoms with Gasteiger partial charge in [-0.1, -0.05) is 28.1 Å². The molecule has 0 aliphatic carbocycles. The van der Waals surface area contributed by atoms with Crippen LogP contribution < -0.4 is 0 Å². The lowest BCUT2D eigenvalue weighted by atomic mass is 10.1. The van der Waals surface area contributed by atoms with Crippen molar-refractivity contribution in [2.75, 3.05) is 26.2 Å². The van der Waals surface area contributed by atoms with Gasteiger partial charge in [0, 0.05) is 30.7 Å². The molecule has 0 saturated carbocycles. The Labute approximate surface area is 159 Å². The summed E-state index contributed by atoms with van der Waals surface area (Å²) in [5.41, 5.74) is 0.151. The highest BCUT2D eigenvalue weighted by Crippen LogP contribution is 2.25. The summed E-state index contributed by atoms with van der Waals surface area (Å²) in [5, 5.41) is 9.93. The maximum atomic E-state index is 13.8. The van der Waals surface area contributed by atoms with Crippen molar-refractivity contribution in [3.8, 4) is 5.75 Å². The molecule has 0 bridgehead atoms. The number of piperazine rings is 1. The quantitative estimate of drug-likeness (QED) is 0.791. The van der Waals surface area contributed by atoms with Crippen LogP contribution in [0.15, 0.2) is 51.8 Å². The second-order valence-electron chi connectivity index (χ2n) is 5.79. The number of carbonyl (C=O) groups excluding carboxylic acids is 1. The molecule has 0 radical (unpaired) electrons. The van der Waals surface area contributed by atoms with Crippen molar-refractivity contribution in [3.63, 3.8) is 0 Å². The molecule has 6 nitrogen and oxygen atoms in total. The van der Waals surface area contributed by atoms with Gasteiger partial charge < -0.3 is 10.0 Å². The van der Waals surface area contributed by atoms with Gasteiger partial charge in [0.1, 0.15) is 16.5 Å². The first-order valence-electron chi connectivity index (χ1n) is 7.83. The molecule has 1 aliphatic heterocycles. The van der Waals surface area contributed by atoms with Crippen LogP contribution >= 0.6 is 15.9 Å². The van der Waals surface area contributed by atoms with E-state index >= 15 is 0 Å². The van der Waals surface area contributed by atoms with E-state index < -0.39 is 15.8 Å². The standard InChI is InChI=1S/C17H16BrFN2O4S/c18-12-5-6-13(15(22)11-12)17(23)20-7-9-21(10-8-20)26(24,25)16-4-2-1-3-14(16)19/h1-6,11,22H,7-10H2. The summed E-state index contributed by atoms with van der Waals surface area (Å²) in [6.07, 6.45) is 0. The number of aromatic hydroxyl groups is 1. The molecule has 9 heteroatoms. The normalized spacial score (nSPS) is 15.8. The number of hydrogen-bond acceptors (Lipinski definition) is 4. The lowest BCUT2D eigenvalue weighted by molar-refractivity contribution is 0.0694. The summed E-state index contributed by atoms with van der Waals surface area (Å²) in [7, 11) is -3.96. The van der Waals surface area contributed by atoms with Gasteiger partial charge in [-0.3, -0.25) is 4.79 Å². The van der Waals surface area contributed by atoms with Gasteiger partial charge in [0.25, 0.3) is 5.91 Å². The van der Waals surface area contributed by atoms with Crippen LogP contribution in [0, 0.1) is 5.82 Å². The molecule has 1 fully saturated rings. The van der Waals surface area contributed by atoms with E-state index in [0.29, 0.717) is 4.47 Å². The first-order chi connectivity index (χ1) is 12.3. The second kappa shape index (κ2) is 7.34. The van der Waals surface area contributed by atoms with Gasteiger partial charge in [-0.25, -0.2) is 12.8 Å². The number of amides is 1. The third-order valence-corrected chi connectivity index (χ3v) is 6.60. The minimum atomic E-state index is -3.96. The lowest BCUT2D eigenvalue weighted by Gasteiger charge is -2.34. The number of phenolic OH excluding ortho intramolecular Hbond substituents is 1. The monoisotopic (exact) mass is 442 g/mol. The summed E-state index contributed by atoms with van der Waals surface area (Å²) >= 11 is 3.21. The Kier molecular flexibility index (Phi) is 5.31. The maximum absolute atomic E-state index is 13.8. The molecule has 1 N–H and O–H groups in total. The van der Waals surface area contributed by atoms with Crippen molar-refractivity contribution < 1.29 is 22.7 Å². The summed E-state index contributed by atoms with van der Waals surface area (Å²) in [5.74, 6) is -1.32. The maximum Gasteiger partial charge on any atom is 0.257 e. The van der Waals surface area contributed by atoms with Crippen LogP contribution in [0.1, 0.15) is 10.4 Å². The number of sulfonamides is 1. The van der Waals surface area contributed by atoms with E-state index in [4.69, 9.17) is 0 Å². The molecule has 0 unspecified atom stereocenters. The van der Waals surface area contributed by atoms with Gasteiger partial charge in [0.15, 0.2) is 0 Å². The molecule has 0 spiro atoms. The fourth-order valence-electron chi connectivity index (χ4n) is 2.78. The molecule has 2 aromatic carbocycles. The third-order valence-electron chi connectivity index (χ3n) is 4.17. The minimum Gasteiger partial charge on any atom is -0.507 e. The van der Waals surface area contributed by atoms with E-state index in [1.54, 1.807) is 6.07 Å². The average molecular weight is 443 g/mol. The third kappa shape index (κ3) is 3.60. The SMILES string of the molecule is O=C(c1ccc(Br)cc1O)N1CCN(S(=O)(=O)c2ccccc2F)CC1. The Bertz CT molecular complexity index is 944. The number of halogens is 2. The Morgan fingerprint density at radius 3 is 2.35 bits per heavy atom. The highest BCUT2D eigenvalue weighted by atomic mass is 79.9. The summed E-state index contributed by atoms with van der Waals surface area (Å²) < 4.78 is 40.8. The molecule has 2 aromatic rings. The largest absolute Gasteiger partial charge is 0.507 e. The molecule has 1 saturated heterocycles. The van der Waals surface area contributed by atoms with Crippen LogP contribution in [-0.2, 0) is 10.0 Å². The number of carbonyl (C=O) groups is 1. The Hall–Kier alpha value is -1.97. The van der Waals surface area contributed by atoms with Crippen molar-refractivity contribution in [2.24, 2.45) is 0 Å². The van der Waals surface area contributed by atoms with Gasteiger partial charge in [0.05, 0.1) is 5.56 Å². The first kappa shape index (κ1) is 18.8. The minimum absolute atomic E-state index is 0.0553. The van der Waals surface area contributed by atoms with Gasteiger partial charge in [0.2, 0.25) is 10.0 Å². The average Bonchev–Trinajstić information content (AvgIpc) is 2.61. The number of rotatable bonds is 3. The van der Waals surface area contributed by atoms with Crippen molar-refractivity contribution >= 4 is 31.9 Å². The van der Waals surface area contributed by atoms with E-state index in [2.05, 4.69) is 15.9 Å². The van der Waals surface area contributed by atoms with E-state index in [1.807, 2.05) is 0 Å². The zero-order valence-corrected chi connectivity index (χ0v) is 16.0. The van der Waals surface area contributed by atoms with E-state index in [9.17, 15) is 22.7 Å². The highest BCUT2D eigenvalue weighted by Gasteiger charge is 2.32. The predicted molar refractivity (Wildman–Crippen MR) is 96.9 cm³/mol. The summed E-state index contributed by atoms with van der Waals surface area (Å²) in [6, 6.07) is 9.79. The van der Waals surface area contributed by atoms with Gasteiger partial charge in [-0.2, -0.15) is 4.31 Å². The first-order valence-corrected chi connectivity index (χ1v) is 10.1. The number of benzene rings is 2. The molecule has 1 heterocycles. The zero-order valence-electron chi connectivity index (χ0n) is 13.6. The van der Waals surface area contributed by atoms with Crippen LogP contribution in [0.2, 0.25) is 0 Å². The van der Waals surface area contributed by atoms with Gasteiger partial charge in [-0.15, -0.1) is 0 Å². The second-order valence-corrected chi connectivity index (χ2v) is 8.61. The number of phenols is 1. The van der Waals surface area contributed by atoms with Crippen LogP contribution in [0.4, 0.5) is 4.39 Å². The molecule has 26 heavy (non-hydrogen) atoms. The van der Waals surface area contributed by atoms with E-state index in [-0.39, 0.29) is 48.3 Å².